The van der Waals surface area contributed by atoms with Crippen LogP contribution in [0.15, 0.2) is 23.1 Å². The third-order valence-corrected chi connectivity index (χ3v) is 4.47. The second-order valence-corrected chi connectivity index (χ2v) is 6.71. The van der Waals surface area contributed by atoms with Gasteiger partial charge in [-0.15, -0.1) is 0 Å². The molecule has 1 unspecified atom stereocenters. The van der Waals surface area contributed by atoms with E-state index < -0.39 is 21.4 Å². The van der Waals surface area contributed by atoms with E-state index in [1.54, 1.807) is 6.92 Å². The Balaban J connectivity index is 2.83. The fourth-order valence-corrected chi connectivity index (χ4v) is 3.02. The first-order valence-electron chi connectivity index (χ1n) is 6.15. The number of aliphatic hydroxyl groups is 1. The van der Waals surface area contributed by atoms with Crippen molar-refractivity contribution in [1.82, 2.24) is 4.72 Å². The number of benzene rings is 1. The molecule has 0 aliphatic heterocycles. The Bertz CT molecular complexity index is 557. The van der Waals surface area contributed by atoms with Crippen LogP contribution in [-0.2, 0) is 14.8 Å². The summed E-state index contributed by atoms with van der Waals surface area (Å²) in [6.45, 7) is 3.23. The number of ether oxygens (including phenoxy) is 1. The second-order valence-electron chi connectivity index (χ2n) is 4.97. The number of rotatable bonds is 7. The van der Waals surface area contributed by atoms with E-state index in [1.807, 2.05) is 0 Å². The standard InChI is InChI=1S/C13H20FNO4S/c1-10-4-5-11(14)8-12(10)20(17,18)15-9-13(2,16)6-7-19-3/h4-5,8,15-16H,6-7,9H2,1-3H3. The second kappa shape index (κ2) is 6.62. The summed E-state index contributed by atoms with van der Waals surface area (Å²) in [4.78, 5) is -0.125. The summed E-state index contributed by atoms with van der Waals surface area (Å²) in [5, 5.41) is 10.00. The summed E-state index contributed by atoms with van der Waals surface area (Å²) in [7, 11) is -2.37. The van der Waals surface area contributed by atoms with Crippen LogP contribution in [0.5, 0.6) is 0 Å². The summed E-state index contributed by atoms with van der Waals surface area (Å²) in [6.07, 6.45) is 0.286. The van der Waals surface area contributed by atoms with Crippen molar-refractivity contribution in [2.24, 2.45) is 0 Å². The summed E-state index contributed by atoms with van der Waals surface area (Å²) in [5.41, 5.74) is -0.792. The first-order chi connectivity index (χ1) is 9.18. The maximum atomic E-state index is 13.2. The van der Waals surface area contributed by atoms with E-state index in [4.69, 9.17) is 4.74 Å². The van der Waals surface area contributed by atoms with Crippen molar-refractivity contribution >= 4 is 10.0 Å². The molecule has 1 rings (SSSR count). The van der Waals surface area contributed by atoms with E-state index in [1.165, 1.54) is 26.2 Å². The van der Waals surface area contributed by atoms with Gasteiger partial charge >= 0.3 is 0 Å². The lowest BCUT2D eigenvalue weighted by molar-refractivity contribution is 0.0292. The van der Waals surface area contributed by atoms with E-state index in [0.717, 1.165) is 6.07 Å². The molecule has 0 aliphatic rings. The number of methoxy groups -OCH3 is 1. The van der Waals surface area contributed by atoms with Gasteiger partial charge in [-0.05, 0) is 31.5 Å². The average Bonchev–Trinajstić information content (AvgIpc) is 2.37. The van der Waals surface area contributed by atoms with Crippen LogP contribution in [0.1, 0.15) is 18.9 Å². The zero-order valence-electron chi connectivity index (χ0n) is 11.8. The molecule has 0 saturated carbocycles. The smallest absolute Gasteiger partial charge is 0.241 e. The van der Waals surface area contributed by atoms with Crippen LogP contribution >= 0.6 is 0 Å². The van der Waals surface area contributed by atoms with Crippen LogP contribution in [0.3, 0.4) is 0 Å². The van der Waals surface area contributed by atoms with Crippen molar-refractivity contribution in [2.75, 3.05) is 20.3 Å². The summed E-state index contributed by atoms with van der Waals surface area (Å²) in [6, 6.07) is 3.55. The lowest BCUT2D eigenvalue weighted by Crippen LogP contribution is -2.41. The Morgan fingerprint density at radius 2 is 2.10 bits per heavy atom. The van der Waals surface area contributed by atoms with E-state index in [2.05, 4.69) is 4.72 Å². The van der Waals surface area contributed by atoms with Gasteiger partial charge in [0.15, 0.2) is 0 Å². The number of aryl methyl sites for hydroxylation is 1. The summed E-state index contributed by atoms with van der Waals surface area (Å²) in [5.74, 6) is -0.623. The molecule has 0 amide bonds. The molecule has 0 saturated heterocycles. The largest absolute Gasteiger partial charge is 0.389 e. The lowest BCUT2D eigenvalue weighted by atomic mass is 10.0. The molecule has 0 fully saturated rings. The molecule has 20 heavy (non-hydrogen) atoms. The zero-order valence-corrected chi connectivity index (χ0v) is 12.6. The lowest BCUT2D eigenvalue weighted by Gasteiger charge is -2.23. The normalized spacial score (nSPS) is 15.1. The first-order valence-corrected chi connectivity index (χ1v) is 7.63. The van der Waals surface area contributed by atoms with Crippen molar-refractivity contribution in [3.05, 3.63) is 29.6 Å². The Morgan fingerprint density at radius 1 is 1.45 bits per heavy atom. The van der Waals surface area contributed by atoms with Gasteiger partial charge < -0.3 is 9.84 Å². The molecule has 1 aromatic rings. The molecular weight excluding hydrogens is 285 g/mol. The quantitative estimate of drug-likeness (QED) is 0.794. The van der Waals surface area contributed by atoms with Crippen molar-refractivity contribution in [3.8, 4) is 0 Å². The fourth-order valence-electron chi connectivity index (χ4n) is 1.60. The molecule has 2 N–H and O–H groups in total. The third kappa shape index (κ3) is 4.82. The SMILES string of the molecule is COCCC(C)(O)CNS(=O)(=O)c1cc(F)ccc1C. The van der Waals surface area contributed by atoms with Gasteiger partial charge in [0, 0.05) is 26.7 Å². The van der Waals surface area contributed by atoms with E-state index in [9.17, 15) is 17.9 Å². The van der Waals surface area contributed by atoms with Gasteiger partial charge in [0.25, 0.3) is 0 Å². The molecule has 7 heteroatoms. The predicted octanol–water partition coefficient (Wildman–Crippen LogP) is 1.20. The minimum Gasteiger partial charge on any atom is -0.389 e. The number of nitrogens with one attached hydrogen (secondary N) is 1. The highest BCUT2D eigenvalue weighted by Crippen LogP contribution is 2.17. The third-order valence-electron chi connectivity index (χ3n) is 2.93. The number of hydrogen-bond acceptors (Lipinski definition) is 4. The Labute approximate surface area is 118 Å². The molecule has 0 spiro atoms. The number of halogens is 1. The van der Waals surface area contributed by atoms with Crippen LogP contribution in [-0.4, -0.2) is 39.4 Å². The summed E-state index contributed by atoms with van der Waals surface area (Å²) >= 11 is 0. The van der Waals surface area contributed by atoms with Crippen LogP contribution < -0.4 is 4.72 Å². The van der Waals surface area contributed by atoms with Crippen molar-refractivity contribution in [1.29, 1.82) is 0 Å². The molecule has 0 aromatic heterocycles. The van der Waals surface area contributed by atoms with E-state index in [0.29, 0.717) is 12.2 Å². The topological polar surface area (TPSA) is 75.6 Å². The number of hydrogen-bond donors (Lipinski definition) is 2. The van der Waals surface area contributed by atoms with Gasteiger partial charge in [-0.1, -0.05) is 6.07 Å². The Kier molecular flexibility index (Phi) is 5.64. The van der Waals surface area contributed by atoms with Crippen molar-refractivity contribution in [2.45, 2.75) is 30.8 Å². The van der Waals surface area contributed by atoms with Gasteiger partial charge in [0.2, 0.25) is 10.0 Å². The maximum absolute atomic E-state index is 13.2. The van der Waals surface area contributed by atoms with Crippen molar-refractivity contribution in [3.63, 3.8) is 0 Å². The van der Waals surface area contributed by atoms with Gasteiger partial charge in [0.05, 0.1) is 10.5 Å². The van der Waals surface area contributed by atoms with Gasteiger partial charge in [-0.3, -0.25) is 0 Å². The van der Waals surface area contributed by atoms with E-state index >= 15 is 0 Å². The molecular formula is C13H20FNO4S. The Hall–Kier alpha value is -1.02. The highest BCUT2D eigenvalue weighted by Gasteiger charge is 2.25. The van der Waals surface area contributed by atoms with Crippen LogP contribution in [0, 0.1) is 12.7 Å². The molecule has 0 heterocycles. The average molecular weight is 305 g/mol. The summed E-state index contributed by atoms with van der Waals surface area (Å²) < 4.78 is 44.5. The minimum atomic E-state index is -3.86. The number of sulfonamides is 1. The fraction of sp³-hybridized carbons (Fsp3) is 0.538. The van der Waals surface area contributed by atoms with Gasteiger partial charge in [-0.25, -0.2) is 17.5 Å². The zero-order chi connectivity index (χ0) is 15.4. The van der Waals surface area contributed by atoms with Gasteiger partial charge in [0.1, 0.15) is 5.82 Å². The first kappa shape index (κ1) is 17.0. The maximum Gasteiger partial charge on any atom is 0.241 e. The molecule has 0 aliphatic carbocycles. The predicted molar refractivity (Wildman–Crippen MR) is 73.4 cm³/mol. The molecule has 1 aromatic carbocycles. The van der Waals surface area contributed by atoms with Crippen LogP contribution in [0.25, 0.3) is 0 Å². The molecule has 114 valence electrons. The Morgan fingerprint density at radius 3 is 2.70 bits per heavy atom. The highest BCUT2D eigenvalue weighted by atomic mass is 32.2. The van der Waals surface area contributed by atoms with Crippen LogP contribution in [0.4, 0.5) is 4.39 Å². The van der Waals surface area contributed by atoms with Gasteiger partial charge in [-0.2, -0.15) is 0 Å². The molecule has 5 nitrogen and oxygen atoms in total. The molecule has 0 bridgehead atoms. The van der Waals surface area contributed by atoms with Crippen molar-refractivity contribution < 1.29 is 22.7 Å². The molecule has 1 atom stereocenters. The molecule has 0 radical (unpaired) electrons. The minimum absolute atomic E-state index is 0.125. The highest BCUT2D eigenvalue weighted by molar-refractivity contribution is 7.89. The van der Waals surface area contributed by atoms with Crippen LogP contribution in [0.2, 0.25) is 0 Å². The van der Waals surface area contributed by atoms with E-state index in [-0.39, 0.29) is 17.9 Å². The monoisotopic (exact) mass is 305 g/mol.